The molecule has 0 saturated carbocycles. The average Bonchev–Trinajstić information content (AvgIpc) is 2.76. The molecule has 1 aliphatic rings. The van der Waals surface area contributed by atoms with Crippen molar-refractivity contribution in [2.75, 3.05) is 45.1 Å². The maximum Gasteiger partial charge on any atom is 0.319 e. The second-order valence-electron chi connectivity index (χ2n) is 8.48. The summed E-state index contributed by atoms with van der Waals surface area (Å²) in [7, 11) is 2.14. The zero-order valence-corrected chi connectivity index (χ0v) is 18.1. The SMILES string of the molecule is CN1CCN(CC(NC(=O)Nc2ccc(C(C)(C)C#N)cc2)c2ccccc2)CC1. The number of piperazine rings is 1. The third-order valence-electron chi connectivity index (χ3n) is 5.69. The van der Waals surface area contributed by atoms with E-state index in [9.17, 15) is 10.1 Å². The number of rotatable bonds is 6. The Morgan fingerprint density at radius 1 is 1.07 bits per heavy atom. The first-order valence-electron chi connectivity index (χ1n) is 10.4. The maximum absolute atomic E-state index is 12.7. The van der Waals surface area contributed by atoms with Crippen LogP contribution in [0.5, 0.6) is 0 Å². The standard InChI is InChI=1S/C24H31N5O/c1-24(2,18-25)20-9-11-21(12-10-20)26-23(30)27-22(19-7-5-4-6-8-19)17-29-15-13-28(3)14-16-29/h4-12,22H,13-17H2,1-3H3,(H2,26,27,30). The summed E-state index contributed by atoms with van der Waals surface area (Å²) in [6.07, 6.45) is 0. The van der Waals surface area contributed by atoms with Gasteiger partial charge in [0.05, 0.1) is 17.5 Å². The Bertz CT molecular complexity index is 865. The van der Waals surface area contributed by atoms with E-state index in [0.29, 0.717) is 5.69 Å². The van der Waals surface area contributed by atoms with Crippen LogP contribution in [0.25, 0.3) is 0 Å². The van der Waals surface area contributed by atoms with Gasteiger partial charge >= 0.3 is 6.03 Å². The molecule has 1 heterocycles. The van der Waals surface area contributed by atoms with Crippen molar-refractivity contribution in [3.05, 3.63) is 65.7 Å². The molecule has 6 nitrogen and oxygen atoms in total. The second-order valence-corrected chi connectivity index (χ2v) is 8.48. The van der Waals surface area contributed by atoms with Gasteiger partial charge in [-0.3, -0.25) is 4.90 Å². The Hall–Kier alpha value is -2.88. The molecule has 0 aromatic heterocycles. The molecule has 158 valence electrons. The summed E-state index contributed by atoms with van der Waals surface area (Å²) >= 11 is 0. The van der Waals surface area contributed by atoms with Crippen LogP contribution >= 0.6 is 0 Å². The molecule has 0 aliphatic carbocycles. The lowest BCUT2D eigenvalue weighted by Crippen LogP contribution is -2.48. The largest absolute Gasteiger partial charge is 0.330 e. The Kier molecular flexibility index (Phi) is 7.09. The number of hydrogen-bond donors (Lipinski definition) is 2. The topological polar surface area (TPSA) is 71.4 Å². The van der Waals surface area contributed by atoms with Gasteiger partial charge < -0.3 is 15.5 Å². The van der Waals surface area contributed by atoms with Crippen LogP contribution in [0.15, 0.2) is 54.6 Å². The van der Waals surface area contributed by atoms with Crippen LogP contribution in [0.2, 0.25) is 0 Å². The number of carbonyl (C=O) groups excluding carboxylic acids is 1. The average molecular weight is 406 g/mol. The van der Waals surface area contributed by atoms with E-state index in [1.54, 1.807) is 0 Å². The number of urea groups is 1. The van der Waals surface area contributed by atoms with E-state index >= 15 is 0 Å². The van der Waals surface area contributed by atoms with Gasteiger partial charge in [0, 0.05) is 38.4 Å². The number of nitrogens with zero attached hydrogens (tertiary/aromatic N) is 3. The lowest BCUT2D eigenvalue weighted by molar-refractivity contribution is 0.143. The number of amides is 2. The smallest absolute Gasteiger partial charge is 0.319 e. The summed E-state index contributed by atoms with van der Waals surface area (Å²) in [5, 5.41) is 15.3. The highest BCUT2D eigenvalue weighted by atomic mass is 16.2. The number of likely N-dealkylation sites (N-methyl/N-ethyl adjacent to an activating group) is 1. The predicted octanol–water partition coefficient (Wildman–Crippen LogP) is 3.60. The van der Waals surface area contributed by atoms with E-state index in [4.69, 9.17) is 0 Å². The van der Waals surface area contributed by atoms with E-state index in [1.807, 2.05) is 56.3 Å². The fraction of sp³-hybridized carbons (Fsp3) is 0.417. The highest BCUT2D eigenvalue weighted by molar-refractivity contribution is 5.89. The molecule has 0 spiro atoms. The van der Waals surface area contributed by atoms with Crippen molar-refractivity contribution in [3.63, 3.8) is 0 Å². The molecular weight excluding hydrogens is 374 g/mol. The number of carbonyl (C=O) groups is 1. The van der Waals surface area contributed by atoms with Crippen molar-refractivity contribution < 1.29 is 4.79 Å². The second kappa shape index (κ2) is 9.75. The minimum Gasteiger partial charge on any atom is -0.330 e. The van der Waals surface area contributed by atoms with Gasteiger partial charge in [0.25, 0.3) is 0 Å². The van der Waals surface area contributed by atoms with E-state index < -0.39 is 5.41 Å². The Morgan fingerprint density at radius 2 is 1.70 bits per heavy atom. The first-order valence-corrected chi connectivity index (χ1v) is 10.4. The Balaban J connectivity index is 1.65. The fourth-order valence-electron chi connectivity index (χ4n) is 3.57. The summed E-state index contributed by atoms with van der Waals surface area (Å²) in [5.41, 5.74) is 2.17. The first kappa shape index (κ1) is 21.8. The van der Waals surface area contributed by atoms with Gasteiger partial charge in [-0.2, -0.15) is 5.26 Å². The zero-order valence-electron chi connectivity index (χ0n) is 18.1. The van der Waals surface area contributed by atoms with Gasteiger partial charge in [0.1, 0.15) is 0 Å². The van der Waals surface area contributed by atoms with Crippen LogP contribution in [0, 0.1) is 11.3 Å². The molecule has 3 rings (SSSR count). The van der Waals surface area contributed by atoms with Crippen LogP contribution in [0.3, 0.4) is 0 Å². The van der Waals surface area contributed by atoms with Crippen molar-refractivity contribution in [3.8, 4) is 6.07 Å². The summed E-state index contributed by atoms with van der Waals surface area (Å²) in [6, 6.07) is 19.5. The molecule has 1 saturated heterocycles. The van der Waals surface area contributed by atoms with Crippen molar-refractivity contribution in [1.29, 1.82) is 5.26 Å². The molecule has 0 radical (unpaired) electrons. The van der Waals surface area contributed by atoms with Crippen molar-refractivity contribution in [1.82, 2.24) is 15.1 Å². The molecule has 0 bridgehead atoms. The lowest BCUT2D eigenvalue weighted by atomic mass is 9.86. The Morgan fingerprint density at radius 3 is 2.30 bits per heavy atom. The van der Waals surface area contributed by atoms with Gasteiger partial charge in [-0.05, 0) is 44.2 Å². The summed E-state index contributed by atoms with van der Waals surface area (Å²) in [5.74, 6) is 0. The Labute approximate surface area is 179 Å². The van der Waals surface area contributed by atoms with Gasteiger partial charge in [-0.1, -0.05) is 42.5 Å². The summed E-state index contributed by atoms with van der Waals surface area (Å²) in [6.45, 7) is 8.62. The third-order valence-corrected chi connectivity index (χ3v) is 5.69. The number of nitriles is 1. The van der Waals surface area contributed by atoms with E-state index in [0.717, 1.165) is 43.9 Å². The van der Waals surface area contributed by atoms with Gasteiger partial charge in [0.15, 0.2) is 0 Å². The molecule has 2 amide bonds. The van der Waals surface area contributed by atoms with Crippen molar-refractivity contribution in [2.24, 2.45) is 0 Å². The quantitative estimate of drug-likeness (QED) is 0.770. The highest BCUT2D eigenvalue weighted by Gasteiger charge is 2.22. The minimum absolute atomic E-state index is 0.0913. The third kappa shape index (κ3) is 5.82. The number of hydrogen-bond acceptors (Lipinski definition) is 4. The maximum atomic E-state index is 12.7. The zero-order chi connectivity index (χ0) is 21.6. The summed E-state index contributed by atoms with van der Waals surface area (Å²) < 4.78 is 0. The summed E-state index contributed by atoms with van der Waals surface area (Å²) in [4.78, 5) is 17.5. The fourth-order valence-corrected chi connectivity index (χ4v) is 3.57. The number of benzene rings is 2. The van der Waals surface area contributed by atoms with Gasteiger partial charge in [-0.15, -0.1) is 0 Å². The van der Waals surface area contributed by atoms with Crippen LogP contribution in [-0.2, 0) is 5.41 Å². The minimum atomic E-state index is -0.554. The van der Waals surface area contributed by atoms with E-state index in [-0.39, 0.29) is 12.1 Å². The molecule has 6 heteroatoms. The van der Waals surface area contributed by atoms with Gasteiger partial charge in [-0.25, -0.2) is 4.79 Å². The predicted molar refractivity (Wildman–Crippen MR) is 120 cm³/mol. The molecule has 2 N–H and O–H groups in total. The van der Waals surface area contributed by atoms with Crippen LogP contribution in [0.1, 0.15) is 31.0 Å². The normalized spacial score (nSPS) is 16.5. The molecule has 30 heavy (non-hydrogen) atoms. The van der Waals surface area contributed by atoms with E-state index in [2.05, 4.69) is 45.7 Å². The van der Waals surface area contributed by atoms with Crippen molar-refractivity contribution >= 4 is 11.7 Å². The molecule has 1 fully saturated rings. The van der Waals surface area contributed by atoms with Crippen LogP contribution in [-0.4, -0.2) is 55.6 Å². The van der Waals surface area contributed by atoms with Crippen molar-refractivity contribution in [2.45, 2.75) is 25.3 Å². The van der Waals surface area contributed by atoms with Crippen LogP contribution < -0.4 is 10.6 Å². The number of anilines is 1. The highest BCUT2D eigenvalue weighted by Crippen LogP contribution is 2.23. The lowest BCUT2D eigenvalue weighted by Gasteiger charge is -2.35. The first-order chi connectivity index (χ1) is 14.4. The molecule has 1 atom stereocenters. The van der Waals surface area contributed by atoms with Gasteiger partial charge in [0.2, 0.25) is 0 Å². The monoisotopic (exact) mass is 405 g/mol. The molecule has 2 aromatic rings. The molecule has 2 aromatic carbocycles. The van der Waals surface area contributed by atoms with E-state index in [1.165, 1.54) is 0 Å². The molecule has 1 unspecified atom stereocenters. The molecule has 1 aliphatic heterocycles. The number of nitrogens with one attached hydrogen (secondary N) is 2. The molecular formula is C24H31N5O. The van der Waals surface area contributed by atoms with Crippen LogP contribution in [0.4, 0.5) is 10.5 Å².